The SMILES string of the molecule is NC1CCCCC1OCc1cccc(-c2nc3ccccc3s2)c1. The van der Waals surface area contributed by atoms with Crippen LogP contribution in [0.5, 0.6) is 0 Å². The van der Waals surface area contributed by atoms with E-state index in [1.165, 1.54) is 23.1 Å². The molecule has 1 aliphatic rings. The number of rotatable bonds is 4. The summed E-state index contributed by atoms with van der Waals surface area (Å²) in [5.74, 6) is 0. The van der Waals surface area contributed by atoms with E-state index in [2.05, 4.69) is 42.5 Å². The minimum absolute atomic E-state index is 0.186. The fraction of sp³-hybridized carbons (Fsp3) is 0.350. The van der Waals surface area contributed by atoms with Crippen LogP contribution in [0, 0.1) is 0 Å². The quantitative estimate of drug-likeness (QED) is 0.747. The minimum atomic E-state index is 0.186. The Morgan fingerprint density at radius 3 is 2.83 bits per heavy atom. The Hall–Kier alpha value is -1.75. The number of fused-ring (bicyclic) bond motifs is 1. The molecule has 0 bridgehead atoms. The van der Waals surface area contributed by atoms with Crippen molar-refractivity contribution in [3.63, 3.8) is 0 Å². The van der Waals surface area contributed by atoms with Gasteiger partial charge in [0.05, 0.1) is 22.9 Å². The normalized spacial score (nSPS) is 21.2. The lowest BCUT2D eigenvalue weighted by Gasteiger charge is -2.28. The second-order valence-corrected chi connectivity index (χ2v) is 7.52. The van der Waals surface area contributed by atoms with E-state index in [0.717, 1.165) is 28.9 Å². The molecule has 24 heavy (non-hydrogen) atoms. The highest BCUT2D eigenvalue weighted by Gasteiger charge is 2.22. The van der Waals surface area contributed by atoms with Gasteiger partial charge in [-0.3, -0.25) is 0 Å². The van der Waals surface area contributed by atoms with E-state index < -0.39 is 0 Å². The Balaban J connectivity index is 1.50. The van der Waals surface area contributed by atoms with E-state index in [4.69, 9.17) is 15.5 Å². The maximum absolute atomic E-state index is 6.17. The number of ether oxygens (including phenoxy) is 1. The Kier molecular flexibility index (Phi) is 4.60. The van der Waals surface area contributed by atoms with Crippen molar-refractivity contribution in [3.8, 4) is 10.6 Å². The number of benzene rings is 2. The van der Waals surface area contributed by atoms with E-state index in [9.17, 15) is 0 Å². The first kappa shape index (κ1) is 15.8. The summed E-state index contributed by atoms with van der Waals surface area (Å²) < 4.78 is 7.31. The van der Waals surface area contributed by atoms with Crippen molar-refractivity contribution in [1.82, 2.24) is 4.98 Å². The maximum atomic E-state index is 6.17. The number of thiazole rings is 1. The van der Waals surface area contributed by atoms with Crippen LogP contribution < -0.4 is 5.73 Å². The summed E-state index contributed by atoms with van der Waals surface area (Å²) in [6, 6.07) is 17.0. The Labute approximate surface area is 146 Å². The first-order valence-corrected chi connectivity index (χ1v) is 9.43. The van der Waals surface area contributed by atoms with E-state index in [0.29, 0.717) is 6.61 Å². The van der Waals surface area contributed by atoms with Gasteiger partial charge in [0, 0.05) is 11.6 Å². The smallest absolute Gasteiger partial charge is 0.124 e. The van der Waals surface area contributed by atoms with Crippen LogP contribution in [0.15, 0.2) is 48.5 Å². The van der Waals surface area contributed by atoms with Gasteiger partial charge >= 0.3 is 0 Å². The molecule has 2 aromatic carbocycles. The Morgan fingerprint density at radius 2 is 1.96 bits per heavy atom. The van der Waals surface area contributed by atoms with E-state index in [-0.39, 0.29) is 12.1 Å². The second kappa shape index (κ2) is 7.01. The van der Waals surface area contributed by atoms with Crippen LogP contribution in [0.25, 0.3) is 20.8 Å². The van der Waals surface area contributed by atoms with Gasteiger partial charge in [-0.2, -0.15) is 0 Å². The fourth-order valence-electron chi connectivity index (χ4n) is 3.33. The molecule has 1 heterocycles. The van der Waals surface area contributed by atoms with Gasteiger partial charge in [0.15, 0.2) is 0 Å². The fourth-order valence-corrected chi connectivity index (χ4v) is 4.29. The molecule has 1 saturated carbocycles. The van der Waals surface area contributed by atoms with Gasteiger partial charge < -0.3 is 10.5 Å². The molecular weight excluding hydrogens is 316 g/mol. The number of nitrogens with zero attached hydrogens (tertiary/aromatic N) is 1. The molecule has 124 valence electrons. The lowest BCUT2D eigenvalue weighted by Crippen LogP contribution is -2.39. The number of nitrogens with two attached hydrogens (primary N) is 1. The van der Waals surface area contributed by atoms with Crippen LogP contribution >= 0.6 is 11.3 Å². The highest BCUT2D eigenvalue weighted by atomic mass is 32.1. The third-order valence-electron chi connectivity index (χ3n) is 4.69. The molecule has 3 aromatic rings. The van der Waals surface area contributed by atoms with Crippen LogP contribution in [0.3, 0.4) is 0 Å². The minimum Gasteiger partial charge on any atom is -0.372 e. The van der Waals surface area contributed by atoms with Crippen LogP contribution in [0.1, 0.15) is 31.2 Å². The van der Waals surface area contributed by atoms with Gasteiger partial charge in [-0.1, -0.05) is 43.2 Å². The maximum Gasteiger partial charge on any atom is 0.124 e. The van der Waals surface area contributed by atoms with E-state index in [1.54, 1.807) is 11.3 Å². The lowest BCUT2D eigenvalue weighted by atomic mass is 9.93. The average molecular weight is 338 g/mol. The topological polar surface area (TPSA) is 48.1 Å². The summed E-state index contributed by atoms with van der Waals surface area (Å²) in [4.78, 5) is 4.74. The van der Waals surface area contributed by atoms with Gasteiger partial charge in [0.2, 0.25) is 0 Å². The molecular formula is C20H22N2OS. The predicted molar refractivity (Wildman–Crippen MR) is 100 cm³/mol. The summed E-state index contributed by atoms with van der Waals surface area (Å²) in [6.07, 6.45) is 4.82. The monoisotopic (exact) mass is 338 g/mol. The van der Waals surface area contributed by atoms with Crippen molar-refractivity contribution >= 4 is 21.6 Å². The summed E-state index contributed by atoms with van der Waals surface area (Å²) in [5.41, 5.74) is 9.58. The Morgan fingerprint density at radius 1 is 1.08 bits per heavy atom. The van der Waals surface area contributed by atoms with Crippen LogP contribution in [-0.4, -0.2) is 17.1 Å². The van der Waals surface area contributed by atoms with Crippen molar-refractivity contribution in [3.05, 3.63) is 54.1 Å². The van der Waals surface area contributed by atoms with Crippen LogP contribution in [-0.2, 0) is 11.3 Å². The molecule has 4 rings (SSSR count). The van der Waals surface area contributed by atoms with Gasteiger partial charge in [0.25, 0.3) is 0 Å². The molecule has 1 fully saturated rings. The van der Waals surface area contributed by atoms with Crippen molar-refractivity contribution in [1.29, 1.82) is 0 Å². The van der Waals surface area contributed by atoms with Gasteiger partial charge in [-0.15, -0.1) is 11.3 Å². The first-order chi connectivity index (χ1) is 11.8. The molecule has 0 radical (unpaired) electrons. The van der Waals surface area contributed by atoms with Crippen molar-refractivity contribution in [2.24, 2.45) is 5.73 Å². The summed E-state index contributed by atoms with van der Waals surface area (Å²) in [5, 5.41) is 1.06. The zero-order chi connectivity index (χ0) is 16.4. The number of hydrogen-bond donors (Lipinski definition) is 1. The average Bonchev–Trinajstić information content (AvgIpc) is 3.06. The molecule has 0 amide bonds. The summed E-state index contributed by atoms with van der Waals surface area (Å²) >= 11 is 1.73. The van der Waals surface area contributed by atoms with Crippen molar-refractivity contribution in [2.45, 2.75) is 44.4 Å². The van der Waals surface area contributed by atoms with Gasteiger partial charge in [0.1, 0.15) is 5.01 Å². The first-order valence-electron chi connectivity index (χ1n) is 8.62. The molecule has 0 aliphatic heterocycles. The van der Waals surface area contributed by atoms with Crippen molar-refractivity contribution in [2.75, 3.05) is 0 Å². The zero-order valence-corrected chi connectivity index (χ0v) is 14.5. The molecule has 0 saturated heterocycles. The summed E-state index contributed by atoms with van der Waals surface area (Å²) in [6.45, 7) is 0.622. The number of para-hydroxylation sites is 1. The highest BCUT2D eigenvalue weighted by molar-refractivity contribution is 7.21. The number of hydrogen-bond acceptors (Lipinski definition) is 4. The van der Waals surface area contributed by atoms with E-state index in [1.807, 2.05) is 6.07 Å². The molecule has 2 N–H and O–H groups in total. The lowest BCUT2D eigenvalue weighted by molar-refractivity contribution is 0.00406. The molecule has 1 aromatic heterocycles. The molecule has 2 unspecified atom stereocenters. The third-order valence-corrected chi connectivity index (χ3v) is 5.77. The van der Waals surface area contributed by atoms with Gasteiger partial charge in [-0.25, -0.2) is 4.98 Å². The molecule has 3 nitrogen and oxygen atoms in total. The molecule has 4 heteroatoms. The largest absolute Gasteiger partial charge is 0.372 e. The van der Waals surface area contributed by atoms with Crippen molar-refractivity contribution < 1.29 is 4.74 Å². The summed E-state index contributed by atoms with van der Waals surface area (Å²) in [7, 11) is 0. The van der Waals surface area contributed by atoms with Crippen LogP contribution in [0.2, 0.25) is 0 Å². The van der Waals surface area contributed by atoms with Gasteiger partial charge in [-0.05, 0) is 36.6 Å². The molecule has 2 atom stereocenters. The third kappa shape index (κ3) is 3.36. The Bertz CT molecular complexity index is 796. The predicted octanol–water partition coefficient (Wildman–Crippen LogP) is 4.75. The van der Waals surface area contributed by atoms with Crippen LogP contribution in [0.4, 0.5) is 0 Å². The van der Waals surface area contributed by atoms with E-state index >= 15 is 0 Å². The standard InChI is InChI=1S/C20H22N2OS/c21-16-8-1-3-10-18(16)23-13-14-6-5-7-15(12-14)20-22-17-9-2-4-11-19(17)24-20/h2,4-7,9,11-12,16,18H,1,3,8,10,13,21H2. The highest BCUT2D eigenvalue weighted by Crippen LogP contribution is 2.30. The molecule has 0 spiro atoms. The second-order valence-electron chi connectivity index (χ2n) is 6.48. The zero-order valence-electron chi connectivity index (χ0n) is 13.7. The molecule has 1 aliphatic carbocycles. The number of aromatic nitrogens is 1.